The van der Waals surface area contributed by atoms with Gasteiger partial charge in [0.2, 0.25) is 5.91 Å². The molecule has 2 N–H and O–H groups in total. The van der Waals surface area contributed by atoms with Gasteiger partial charge in [-0.2, -0.15) is 0 Å². The van der Waals surface area contributed by atoms with Crippen LogP contribution in [0, 0.1) is 0 Å². The Kier molecular flexibility index (Phi) is 5.46. The molecule has 7 nitrogen and oxygen atoms in total. The van der Waals surface area contributed by atoms with E-state index in [1.807, 2.05) is 31.2 Å². The van der Waals surface area contributed by atoms with E-state index in [2.05, 4.69) is 15.0 Å². The first-order valence-electron chi connectivity index (χ1n) is 8.51. The summed E-state index contributed by atoms with van der Waals surface area (Å²) in [6.07, 6.45) is 0.146. The van der Waals surface area contributed by atoms with E-state index < -0.39 is 10.0 Å². The molecule has 0 radical (unpaired) electrons. The van der Waals surface area contributed by atoms with Crippen molar-refractivity contribution < 1.29 is 17.9 Å². The SMILES string of the molecule is COc1ccccc1C(C)NC(=O)CCN=C1NS(=O)(=O)c2ccccc21. The van der Waals surface area contributed by atoms with Crippen LogP contribution in [0.25, 0.3) is 0 Å². The molecule has 0 saturated carbocycles. The summed E-state index contributed by atoms with van der Waals surface area (Å²) in [5.74, 6) is 0.811. The Hall–Kier alpha value is -2.87. The predicted octanol–water partition coefficient (Wildman–Crippen LogP) is 2.00. The fourth-order valence-corrected chi connectivity index (χ4v) is 4.19. The molecular formula is C19H21N3O4S. The first-order chi connectivity index (χ1) is 12.9. The molecule has 27 heavy (non-hydrogen) atoms. The van der Waals surface area contributed by atoms with E-state index in [4.69, 9.17) is 4.74 Å². The van der Waals surface area contributed by atoms with Crippen LogP contribution in [0.1, 0.15) is 30.5 Å². The Morgan fingerprint density at radius 2 is 1.89 bits per heavy atom. The van der Waals surface area contributed by atoms with E-state index in [-0.39, 0.29) is 35.6 Å². The summed E-state index contributed by atoms with van der Waals surface area (Å²) in [6.45, 7) is 2.06. The van der Waals surface area contributed by atoms with Crippen molar-refractivity contribution in [2.75, 3.05) is 13.7 Å². The Labute approximate surface area is 158 Å². The summed E-state index contributed by atoms with van der Waals surface area (Å²) in [5.41, 5.74) is 1.41. The van der Waals surface area contributed by atoms with Gasteiger partial charge in [0.25, 0.3) is 10.0 Å². The zero-order valence-corrected chi connectivity index (χ0v) is 15.9. The molecule has 0 bridgehead atoms. The first-order valence-corrected chi connectivity index (χ1v) is 9.99. The lowest BCUT2D eigenvalue weighted by Gasteiger charge is -2.17. The third-order valence-electron chi connectivity index (χ3n) is 4.25. The number of amidine groups is 1. The predicted molar refractivity (Wildman–Crippen MR) is 102 cm³/mol. The quantitative estimate of drug-likeness (QED) is 0.792. The minimum Gasteiger partial charge on any atom is -0.496 e. The number of para-hydroxylation sites is 1. The molecule has 0 aliphatic carbocycles. The summed E-state index contributed by atoms with van der Waals surface area (Å²) < 4.78 is 31.8. The maximum Gasteiger partial charge on any atom is 0.263 e. The normalized spacial score (nSPS) is 17.0. The van der Waals surface area contributed by atoms with Gasteiger partial charge in [-0.3, -0.25) is 14.5 Å². The van der Waals surface area contributed by atoms with Gasteiger partial charge in [0.1, 0.15) is 11.6 Å². The summed E-state index contributed by atoms with van der Waals surface area (Å²) in [5, 5.41) is 2.90. The fraction of sp³-hybridized carbons (Fsp3) is 0.263. The van der Waals surface area contributed by atoms with Crippen LogP contribution < -0.4 is 14.8 Å². The van der Waals surface area contributed by atoms with Gasteiger partial charge in [-0.25, -0.2) is 8.42 Å². The minimum absolute atomic E-state index is 0.146. The Morgan fingerprint density at radius 3 is 2.67 bits per heavy atom. The number of hydrogen-bond donors (Lipinski definition) is 2. The third-order valence-corrected chi connectivity index (χ3v) is 5.65. The molecule has 3 rings (SSSR count). The Bertz CT molecular complexity index is 986. The summed E-state index contributed by atoms with van der Waals surface area (Å²) in [4.78, 5) is 16.7. The highest BCUT2D eigenvalue weighted by Gasteiger charge is 2.29. The molecule has 1 unspecified atom stereocenters. The van der Waals surface area contributed by atoms with Crippen LogP contribution in [0.15, 0.2) is 58.4 Å². The minimum atomic E-state index is -3.56. The summed E-state index contributed by atoms with van der Waals surface area (Å²) in [6, 6.07) is 13.9. The fourth-order valence-electron chi connectivity index (χ4n) is 2.94. The van der Waals surface area contributed by atoms with Crippen molar-refractivity contribution in [3.05, 3.63) is 59.7 Å². The molecule has 1 amide bonds. The molecule has 2 aromatic rings. The highest BCUT2D eigenvalue weighted by molar-refractivity contribution is 7.90. The number of methoxy groups -OCH3 is 1. The topological polar surface area (TPSA) is 96.9 Å². The number of aliphatic imine (C=N–C) groups is 1. The van der Waals surface area contributed by atoms with E-state index in [1.165, 1.54) is 6.07 Å². The van der Waals surface area contributed by atoms with Crippen LogP contribution in [0.3, 0.4) is 0 Å². The molecule has 142 valence electrons. The molecule has 0 saturated heterocycles. The molecule has 1 aliphatic heterocycles. The maximum atomic E-state index is 12.2. The van der Waals surface area contributed by atoms with Gasteiger partial charge in [-0.05, 0) is 25.1 Å². The lowest BCUT2D eigenvalue weighted by Crippen LogP contribution is -2.28. The number of sulfonamides is 1. The number of benzene rings is 2. The third kappa shape index (κ3) is 4.11. The van der Waals surface area contributed by atoms with Crippen molar-refractivity contribution in [3.63, 3.8) is 0 Å². The van der Waals surface area contributed by atoms with Gasteiger partial charge in [0.05, 0.1) is 24.6 Å². The zero-order chi connectivity index (χ0) is 19.4. The zero-order valence-electron chi connectivity index (χ0n) is 15.1. The highest BCUT2D eigenvalue weighted by Crippen LogP contribution is 2.24. The number of ether oxygens (including phenoxy) is 1. The molecule has 2 aromatic carbocycles. The summed E-state index contributed by atoms with van der Waals surface area (Å²) in [7, 11) is -1.98. The molecule has 0 fully saturated rings. The second-order valence-corrected chi connectivity index (χ2v) is 7.76. The molecule has 8 heteroatoms. The number of nitrogens with one attached hydrogen (secondary N) is 2. The van der Waals surface area contributed by atoms with Crippen LogP contribution in [-0.4, -0.2) is 33.8 Å². The molecule has 1 heterocycles. The van der Waals surface area contributed by atoms with Gasteiger partial charge in [0.15, 0.2) is 0 Å². The second kappa shape index (κ2) is 7.79. The van der Waals surface area contributed by atoms with Crippen molar-refractivity contribution in [1.82, 2.24) is 10.0 Å². The van der Waals surface area contributed by atoms with Gasteiger partial charge in [-0.1, -0.05) is 30.3 Å². The number of fused-ring (bicyclic) bond motifs is 1. The molecule has 1 atom stereocenters. The Balaban J connectivity index is 1.61. The average Bonchev–Trinajstić information content (AvgIpc) is 2.92. The maximum absolute atomic E-state index is 12.2. The number of carbonyl (C=O) groups excluding carboxylic acids is 1. The van der Waals surface area contributed by atoms with Gasteiger partial charge in [0, 0.05) is 17.5 Å². The van der Waals surface area contributed by atoms with Crippen molar-refractivity contribution in [2.45, 2.75) is 24.3 Å². The molecular weight excluding hydrogens is 366 g/mol. The van der Waals surface area contributed by atoms with Gasteiger partial charge < -0.3 is 10.1 Å². The number of nitrogens with zero attached hydrogens (tertiary/aromatic N) is 1. The highest BCUT2D eigenvalue weighted by atomic mass is 32.2. The van der Waals surface area contributed by atoms with Crippen molar-refractivity contribution >= 4 is 21.8 Å². The lowest BCUT2D eigenvalue weighted by molar-refractivity contribution is -0.121. The monoisotopic (exact) mass is 387 g/mol. The molecule has 0 aromatic heterocycles. The van der Waals surface area contributed by atoms with E-state index in [0.717, 1.165) is 5.56 Å². The smallest absolute Gasteiger partial charge is 0.263 e. The van der Waals surface area contributed by atoms with Crippen LogP contribution in [0.4, 0.5) is 0 Å². The lowest BCUT2D eigenvalue weighted by atomic mass is 10.1. The largest absolute Gasteiger partial charge is 0.496 e. The number of hydrogen-bond acceptors (Lipinski definition) is 5. The van der Waals surface area contributed by atoms with Crippen LogP contribution in [0.2, 0.25) is 0 Å². The van der Waals surface area contributed by atoms with E-state index in [9.17, 15) is 13.2 Å². The molecule has 0 spiro atoms. The van der Waals surface area contributed by atoms with Crippen molar-refractivity contribution in [2.24, 2.45) is 4.99 Å². The van der Waals surface area contributed by atoms with Crippen LogP contribution in [-0.2, 0) is 14.8 Å². The van der Waals surface area contributed by atoms with E-state index in [0.29, 0.717) is 11.3 Å². The summed E-state index contributed by atoms with van der Waals surface area (Å²) >= 11 is 0. The van der Waals surface area contributed by atoms with Crippen molar-refractivity contribution in [3.8, 4) is 5.75 Å². The number of carbonyl (C=O) groups is 1. The number of amides is 1. The average molecular weight is 387 g/mol. The van der Waals surface area contributed by atoms with E-state index >= 15 is 0 Å². The number of rotatable bonds is 6. The van der Waals surface area contributed by atoms with Gasteiger partial charge in [-0.15, -0.1) is 0 Å². The van der Waals surface area contributed by atoms with Crippen LogP contribution >= 0.6 is 0 Å². The van der Waals surface area contributed by atoms with Gasteiger partial charge >= 0.3 is 0 Å². The molecule has 1 aliphatic rings. The second-order valence-electron chi connectivity index (χ2n) is 6.11. The standard InChI is InChI=1S/C19H21N3O4S/c1-13(14-7-3-5-9-16(14)26-2)21-18(23)11-12-20-19-15-8-4-6-10-17(15)27(24,25)22-19/h3-10,13H,11-12H2,1-2H3,(H,20,22)(H,21,23). The first kappa shape index (κ1) is 18.9. The van der Waals surface area contributed by atoms with Crippen molar-refractivity contribution in [1.29, 1.82) is 0 Å². The van der Waals surface area contributed by atoms with Crippen LogP contribution in [0.5, 0.6) is 5.75 Å². The van der Waals surface area contributed by atoms with E-state index in [1.54, 1.807) is 25.3 Å². The Morgan fingerprint density at radius 1 is 1.19 bits per heavy atom.